The van der Waals surface area contributed by atoms with E-state index in [2.05, 4.69) is 10.3 Å². The summed E-state index contributed by atoms with van der Waals surface area (Å²) in [5, 5.41) is 2.61. The summed E-state index contributed by atoms with van der Waals surface area (Å²) in [7, 11) is 1.59. The molecule has 0 saturated heterocycles. The lowest BCUT2D eigenvalue weighted by atomic mass is 10.1. The first-order valence-corrected chi connectivity index (χ1v) is 9.13. The number of amides is 1. The summed E-state index contributed by atoms with van der Waals surface area (Å²) in [6.45, 7) is 0.389. The number of anilines is 1. The van der Waals surface area contributed by atoms with Crippen LogP contribution in [0.2, 0.25) is 0 Å². The Morgan fingerprint density at radius 3 is 2.59 bits per heavy atom. The van der Waals surface area contributed by atoms with Crippen molar-refractivity contribution in [2.75, 3.05) is 12.4 Å². The highest BCUT2D eigenvalue weighted by Gasteiger charge is 2.13. The summed E-state index contributed by atoms with van der Waals surface area (Å²) in [5.41, 5.74) is 4.06. The number of benzene rings is 3. The quantitative estimate of drug-likeness (QED) is 0.514. The SMILES string of the molecule is COc1cccc(-c2nc3ccccc3n(Cc3ccc(NC=O)cc3)c2=O)c1. The Hall–Kier alpha value is -3.93. The van der Waals surface area contributed by atoms with Gasteiger partial charge >= 0.3 is 0 Å². The molecule has 0 aliphatic carbocycles. The fraction of sp³-hybridized carbons (Fsp3) is 0.0870. The summed E-state index contributed by atoms with van der Waals surface area (Å²) in [6, 6.07) is 22.3. The molecule has 0 aliphatic rings. The fourth-order valence-electron chi connectivity index (χ4n) is 3.26. The number of fused-ring (bicyclic) bond motifs is 1. The zero-order valence-corrected chi connectivity index (χ0v) is 15.8. The van der Waals surface area contributed by atoms with Gasteiger partial charge in [0.05, 0.1) is 24.7 Å². The molecule has 144 valence electrons. The van der Waals surface area contributed by atoms with Crippen molar-refractivity contribution in [1.82, 2.24) is 9.55 Å². The summed E-state index contributed by atoms with van der Waals surface area (Å²) in [5.74, 6) is 0.668. The summed E-state index contributed by atoms with van der Waals surface area (Å²) < 4.78 is 7.01. The van der Waals surface area contributed by atoms with Crippen molar-refractivity contribution >= 4 is 23.1 Å². The second kappa shape index (κ2) is 7.98. The van der Waals surface area contributed by atoms with Crippen LogP contribution in [0, 0.1) is 0 Å². The lowest BCUT2D eigenvalue weighted by molar-refractivity contribution is -0.105. The minimum absolute atomic E-state index is 0.174. The number of rotatable bonds is 6. The number of nitrogens with one attached hydrogen (secondary N) is 1. The molecule has 4 aromatic rings. The molecule has 0 unspecified atom stereocenters. The third kappa shape index (κ3) is 3.73. The number of aromatic nitrogens is 2. The molecule has 3 aromatic carbocycles. The van der Waals surface area contributed by atoms with Gasteiger partial charge in [-0.2, -0.15) is 0 Å². The van der Waals surface area contributed by atoms with Crippen molar-refractivity contribution in [2.45, 2.75) is 6.54 Å². The van der Waals surface area contributed by atoms with E-state index < -0.39 is 0 Å². The first kappa shape index (κ1) is 18.4. The average Bonchev–Trinajstić information content (AvgIpc) is 2.77. The van der Waals surface area contributed by atoms with Crippen LogP contribution in [0.15, 0.2) is 77.6 Å². The van der Waals surface area contributed by atoms with E-state index in [0.29, 0.717) is 35.6 Å². The predicted molar refractivity (Wildman–Crippen MR) is 113 cm³/mol. The molecule has 0 aliphatic heterocycles. The largest absolute Gasteiger partial charge is 0.497 e. The monoisotopic (exact) mass is 385 g/mol. The van der Waals surface area contributed by atoms with Crippen molar-refractivity contribution in [1.29, 1.82) is 0 Å². The third-order valence-corrected chi connectivity index (χ3v) is 4.72. The van der Waals surface area contributed by atoms with Crippen LogP contribution in [0.1, 0.15) is 5.56 Å². The van der Waals surface area contributed by atoms with E-state index in [1.54, 1.807) is 23.8 Å². The van der Waals surface area contributed by atoms with Gasteiger partial charge in [0.1, 0.15) is 11.4 Å². The number of carbonyl (C=O) groups is 1. The van der Waals surface area contributed by atoms with Crippen LogP contribution in [0.5, 0.6) is 5.75 Å². The molecule has 1 N–H and O–H groups in total. The smallest absolute Gasteiger partial charge is 0.277 e. The van der Waals surface area contributed by atoms with Gasteiger partial charge in [0, 0.05) is 11.3 Å². The molecule has 0 saturated carbocycles. The summed E-state index contributed by atoms with van der Waals surface area (Å²) in [4.78, 5) is 28.6. The summed E-state index contributed by atoms with van der Waals surface area (Å²) >= 11 is 0. The molecule has 6 heteroatoms. The minimum atomic E-state index is -0.174. The molecule has 1 amide bonds. The number of nitrogens with zero attached hydrogens (tertiary/aromatic N) is 2. The Morgan fingerprint density at radius 2 is 1.83 bits per heavy atom. The minimum Gasteiger partial charge on any atom is -0.497 e. The van der Waals surface area contributed by atoms with Crippen molar-refractivity contribution in [3.05, 3.63) is 88.7 Å². The highest BCUT2D eigenvalue weighted by Crippen LogP contribution is 2.22. The molecule has 0 atom stereocenters. The van der Waals surface area contributed by atoms with Crippen LogP contribution >= 0.6 is 0 Å². The standard InChI is InChI=1S/C23H19N3O3/c1-29-19-6-4-5-17(13-19)22-23(28)26(21-8-3-2-7-20(21)25-22)14-16-9-11-18(12-10-16)24-15-27/h2-13,15H,14H2,1H3,(H,24,27). The van der Waals surface area contributed by atoms with Crippen LogP contribution in [-0.4, -0.2) is 23.1 Å². The van der Waals surface area contributed by atoms with Gasteiger partial charge in [-0.1, -0.05) is 36.4 Å². The van der Waals surface area contributed by atoms with Gasteiger partial charge in [-0.25, -0.2) is 4.98 Å². The second-order valence-electron chi connectivity index (χ2n) is 6.53. The maximum atomic E-state index is 13.4. The van der Waals surface area contributed by atoms with Crippen molar-refractivity contribution in [3.8, 4) is 17.0 Å². The predicted octanol–water partition coefficient (Wildman–Crippen LogP) is 3.69. The van der Waals surface area contributed by atoms with E-state index >= 15 is 0 Å². The Balaban J connectivity index is 1.84. The van der Waals surface area contributed by atoms with E-state index in [4.69, 9.17) is 4.74 Å². The zero-order chi connectivity index (χ0) is 20.2. The maximum Gasteiger partial charge on any atom is 0.277 e. The highest BCUT2D eigenvalue weighted by molar-refractivity contribution is 5.78. The van der Waals surface area contributed by atoms with Gasteiger partial charge in [0.2, 0.25) is 6.41 Å². The number of ether oxygens (including phenoxy) is 1. The Bertz CT molecular complexity index is 1230. The van der Waals surface area contributed by atoms with Crippen molar-refractivity contribution in [2.24, 2.45) is 0 Å². The van der Waals surface area contributed by atoms with E-state index in [1.165, 1.54) is 0 Å². The van der Waals surface area contributed by atoms with Gasteiger partial charge in [0.15, 0.2) is 0 Å². The van der Waals surface area contributed by atoms with Gasteiger partial charge < -0.3 is 14.6 Å². The maximum absolute atomic E-state index is 13.4. The molecule has 0 fully saturated rings. The highest BCUT2D eigenvalue weighted by atomic mass is 16.5. The number of carbonyl (C=O) groups excluding carboxylic acids is 1. The van der Waals surface area contributed by atoms with Crippen LogP contribution in [0.4, 0.5) is 5.69 Å². The van der Waals surface area contributed by atoms with E-state index in [-0.39, 0.29) is 5.56 Å². The molecule has 0 bridgehead atoms. The Labute approximate surface area is 167 Å². The Morgan fingerprint density at radius 1 is 1.03 bits per heavy atom. The average molecular weight is 385 g/mol. The first-order chi connectivity index (χ1) is 14.2. The molecule has 6 nitrogen and oxygen atoms in total. The molecule has 0 radical (unpaired) electrons. The van der Waals surface area contributed by atoms with E-state index in [9.17, 15) is 9.59 Å². The topological polar surface area (TPSA) is 73.2 Å². The van der Waals surface area contributed by atoms with Gasteiger partial charge in [-0.15, -0.1) is 0 Å². The molecule has 4 rings (SSSR count). The van der Waals surface area contributed by atoms with E-state index in [0.717, 1.165) is 16.6 Å². The van der Waals surface area contributed by atoms with Gasteiger partial charge in [-0.05, 0) is 42.0 Å². The number of hydrogen-bond acceptors (Lipinski definition) is 4. The second-order valence-corrected chi connectivity index (χ2v) is 6.53. The third-order valence-electron chi connectivity index (χ3n) is 4.72. The molecular weight excluding hydrogens is 366 g/mol. The molecular formula is C23H19N3O3. The zero-order valence-electron chi connectivity index (χ0n) is 15.8. The molecule has 0 spiro atoms. The first-order valence-electron chi connectivity index (χ1n) is 9.13. The lowest BCUT2D eigenvalue weighted by Gasteiger charge is -2.13. The molecule has 29 heavy (non-hydrogen) atoms. The van der Waals surface area contributed by atoms with Crippen LogP contribution in [0.25, 0.3) is 22.3 Å². The molecule has 1 heterocycles. The Kier molecular flexibility index (Phi) is 5.07. The normalized spacial score (nSPS) is 10.7. The van der Waals surface area contributed by atoms with Crippen LogP contribution in [0.3, 0.4) is 0 Å². The van der Waals surface area contributed by atoms with Crippen molar-refractivity contribution in [3.63, 3.8) is 0 Å². The number of methoxy groups -OCH3 is 1. The summed E-state index contributed by atoms with van der Waals surface area (Å²) in [6.07, 6.45) is 0.635. The van der Waals surface area contributed by atoms with Crippen LogP contribution < -0.4 is 15.6 Å². The number of hydrogen-bond donors (Lipinski definition) is 1. The number of para-hydroxylation sites is 2. The van der Waals surface area contributed by atoms with Gasteiger partial charge in [0.25, 0.3) is 5.56 Å². The van der Waals surface area contributed by atoms with Crippen LogP contribution in [-0.2, 0) is 11.3 Å². The molecule has 1 aromatic heterocycles. The lowest BCUT2D eigenvalue weighted by Crippen LogP contribution is -2.24. The van der Waals surface area contributed by atoms with Crippen molar-refractivity contribution < 1.29 is 9.53 Å². The van der Waals surface area contributed by atoms with E-state index in [1.807, 2.05) is 60.7 Å². The van der Waals surface area contributed by atoms with Gasteiger partial charge in [-0.3, -0.25) is 9.59 Å². The fourth-order valence-corrected chi connectivity index (χ4v) is 3.26.